The third-order valence-corrected chi connectivity index (χ3v) is 6.45. The molecular formula is C20H25FN2O4S. The van der Waals surface area contributed by atoms with Crippen molar-refractivity contribution in [3.8, 4) is 5.75 Å². The molecule has 0 fully saturated rings. The van der Waals surface area contributed by atoms with Crippen LogP contribution in [-0.4, -0.2) is 38.3 Å². The Bertz CT molecular complexity index is 957. The SMILES string of the molecule is CCN(CC)S(=O)(=O)c1cc(C)c(C)c(NC(=O)COc2cccc(F)c2)c1. The molecule has 1 amide bonds. The summed E-state index contributed by atoms with van der Waals surface area (Å²) in [5.74, 6) is -0.691. The second-order valence-electron chi connectivity index (χ2n) is 6.30. The molecule has 1 N–H and O–H groups in total. The number of ether oxygens (including phenoxy) is 1. The molecule has 8 heteroatoms. The van der Waals surface area contributed by atoms with Crippen molar-refractivity contribution >= 4 is 21.6 Å². The minimum Gasteiger partial charge on any atom is -0.484 e. The number of carbonyl (C=O) groups excluding carboxylic acids is 1. The van der Waals surface area contributed by atoms with E-state index >= 15 is 0 Å². The first-order chi connectivity index (χ1) is 13.2. The fraction of sp³-hybridized carbons (Fsp3) is 0.350. The number of sulfonamides is 1. The third kappa shape index (κ3) is 5.08. The number of benzene rings is 2. The summed E-state index contributed by atoms with van der Waals surface area (Å²) in [6, 6.07) is 8.54. The molecule has 28 heavy (non-hydrogen) atoms. The number of carbonyl (C=O) groups is 1. The number of nitrogens with one attached hydrogen (secondary N) is 1. The van der Waals surface area contributed by atoms with Crippen molar-refractivity contribution in [2.75, 3.05) is 25.0 Å². The molecule has 0 saturated heterocycles. The number of aryl methyl sites for hydroxylation is 1. The highest BCUT2D eigenvalue weighted by Gasteiger charge is 2.23. The maximum absolute atomic E-state index is 13.2. The molecule has 0 saturated carbocycles. The fourth-order valence-corrected chi connectivity index (χ4v) is 4.28. The van der Waals surface area contributed by atoms with Crippen LogP contribution in [0.4, 0.5) is 10.1 Å². The van der Waals surface area contributed by atoms with Gasteiger partial charge in [0.25, 0.3) is 5.91 Å². The van der Waals surface area contributed by atoms with Crippen molar-refractivity contribution in [1.82, 2.24) is 4.31 Å². The number of amides is 1. The summed E-state index contributed by atoms with van der Waals surface area (Å²) in [6.45, 7) is 7.52. The van der Waals surface area contributed by atoms with Crippen LogP contribution in [0.2, 0.25) is 0 Å². The predicted molar refractivity (Wildman–Crippen MR) is 107 cm³/mol. The van der Waals surface area contributed by atoms with Gasteiger partial charge in [-0.2, -0.15) is 4.31 Å². The molecule has 0 aromatic heterocycles. The predicted octanol–water partition coefficient (Wildman–Crippen LogP) is 3.49. The maximum atomic E-state index is 13.2. The number of rotatable bonds is 8. The third-order valence-electron chi connectivity index (χ3n) is 4.42. The van der Waals surface area contributed by atoms with Gasteiger partial charge in [0.1, 0.15) is 11.6 Å². The molecule has 0 heterocycles. The van der Waals surface area contributed by atoms with Gasteiger partial charge in [-0.25, -0.2) is 12.8 Å². The van der Waals surface area contributed by atoms with E-state index < -0.39 is 21.7 Å². The van der Waals surface area contributed by atoms with Crippen LogP contribution in [-0.2, 0) is 14.8 Å². The second kappa shape index (κ2) is 9.16. The van der Waals surface area contributed by atoms with Crippen molar-refractivity contribution in [3.63, 3.8) is 0 Å². The lowest BCUT2D eigenvalue weighted by atomic mass is 10.1. The van der Waals surface area contributed by atoms with Crippen molar-refractivity contribution < 1.29 is 22.3 Å². The Hall–Kier alpha value is -2.45. The average Bonchev–Trinajstić information content (AvgIpc) is 2.64. The van der Waals surface area contributed by atoms with Crippen LogP contribution in [0.25, 0.3) is 0 Å². The molecule has 0 radical (unpaired) electrons. The normalized spacial score (nSPS) is 11.5. The molecule has 2 aromatic carbocycles. The summed E-state index contributed by atoms with van der Waals surface area (Å²) < 4.78 is 45.4. The Balaban J connectivity index is 2.21. The zero-order valence-corrected chi connectivity index (χ0v) is 17.3. The summed E-state index contributed by atoms with van der Waals surface area (Å²) in [5.41, 5.74) is 1.91. The molecule has 6 nitrogen and oxygen atoms in total. The largest absolute Gasteiger partial charge is 0.484 e. The van der Waals surface area contributed by atoms with E-state index in [-0.39, 0.29) is 17.3 Å². The van der Waals surface area contributed by atoms with Crippen LogP contribution in [0.1, 0.15) is 25.0 Å². The van der Waals surface area contributed by atoms with Crippen LogP contribution in [0, 0.1) is 19.7 Å². The van der Waals surface area contributed by atoms with Gasteiger partial charge in [0, 0.05) is 24.8 Å². The fourth-order valence-electron chi connectivity index (χ4n) is 2.71. The number of anilines is 1. The zero-order chi connectivity index (χ0) is 20.9. The molecule has 2 aromatic rings. The molecule has 0 atom stereocenters. The zero-order valence-electron chi connectivity index (χ0n) is 16.5. The lowest BCUT2D eigenvalue weighted by Crippen LogP contribution is -2.31. The Morgan fingerprint density at radius 3 is 2.43 bits per heavy atom. The smallest absolute Gasteiger partial charge is 0.262 e. The molecule has 2 rings (SSSR count). The van der Waals surface area contributed by atoms with Gasteiger partial charge in [0.2, 0.25) is 10.0 Å². The van der Waals surface area contributed by atoms with E-state index in [9.17, 15) is 17.6 Å². The molecule has 0 spiro atoms. The van der Waals surface area contributed by atoms with Crippen LogP contribution >= 0.6 is 0 Å². The summed E-state index contributed by atoms with van der Waals surface area (Å²) in [7, 11) is -3.65. The van der Waals surface area contributed by atoms with Crippen molar-refractivity contribution in [1.29, 1.82) is 0 Å². The molecule has 0 unspecified atom stereocenters. The van der Waals surface area contributed by atoms with Crippen molar-refractivity contribution in [3.05, 3.63) is 53.3 Å². The first-order valence-corrected chi connectivity index (χ1v) is 10.4. The monoisotopic (exact) mass is 408 g/mol. The number of hydrogen-bond donors (Lipinski definition) is 1. The topological polar surface area (TPSA) is 75.7 Å². The molecule has 0 aliphatic rings. The molecule has 0 aliphatic carbocycles. The van der Waals surface area contributed by atoms with Crippen molar-refractivity contribution in [2.24, 2.45) is 0 Å². The minimum absolute atomic E-state index is 0.126. The Morgan fingerprint density at radius 2 is 1.82 bits per heavy atom. The lowest BCUT2D eigenvalue weighted by molar-refractivity contribution is -0.118. The highest BCUT2D eigenvalue weighted by molar-refractivity contribution is 7.89. The Labute approximate surface area is 165 Å². The van der Waals surface area contributed by atoms with Gasteiger partial charge in [-0.05, 0) is 49.2 Å². The first-order valence-electron chi connectivity index (χ1n) is 8.98. The minimum atomic E-state index is -3.65. The van der Waals surface area contributed by atoms with Gasteiger partial charge in [-0.1, -0.05) is 19.9 Å². The number of halogens is 1. The standard InChI is InChI=1S/C20H25FN2O4S/c1-5-23(6-2)28(25,26)18-10-14(3)15(4)19(12-18)22-20(24)13-27-17-9-7-8-16(21)11-17/h7-12H,5-6,13H2,1-4H3,(H,22,24). The number of nitrogens with zero attached hydrogens (tertiary/aromatic N) is 1. The van der Waals surface area contributed by atoms with E-state index in [1.54, 1.807) is 39.8 Å². The van der Waals surface area contributed by atoms with Gasteiger partial charge in [0.05, 0.1) is 4.90 Å². The highest BCUT2D eigenvalue weighted by atomic mass is 32.2. The van der Waals surface area contributed by atoms with E-state index in [0.29, 0.717) is 18.8 Å². The average molecular weight is 408 g/mol. The van der Waals surface area contributed by atoms with Gasteiger partial charge in [-0.3, -0.25) is 4.79 Å². The highest BCUT2D eigenvalue weighted by Crippen LogP contribution is 2.26. The van der Waals surface area contributed by atoms with Gasteiger partial charge < -0.3 is 10.1 Å². The second-order valence-corrected chi connectivity index (χ2v) is 8.23. The van der Waals surface area contributed by atoms with Gasteiger partial charge in [0.15, 0.2) is 6.61 Å². The lowest BCUT2D eigenvalue weighted by Gasteiger charge is -2.20. The number of hydrogen-bond acceptors (Lipinski definition) is 4. The first kappa shape index (κ1) is 21.8. The van der Waals surface area contributed by atoms with Crippen LogP contribution in [0.3, 0.4) is 0 Å². The van der Waals surface area contributed by atoms with Crippen LogP contribution < -0.4 is 10.1 Å². The van der Waals surface area contributed by atoms with E-state index in [4.69, 9.17) is 4.74 Å². The van der Waals surface area contributed by atoms with Gasteiger partial charge >= 0.3 is 0 Å². The van der Waals surface area contributed by atoms with E-state index in [1.165, 1.54) is 28.6 Å². The van der Waals surface area contributed by atoms with E-state index in [2.05, 4.69) is 5.32 Å². The summed E-state index contributed by atoms with van der Waals surface area (Å²) in [5, 5.41) is 2.68. The summed E-state index contributed by atoms with van der Waals surface area (Å²) >= 11 is 0. The summed E-state index contributed by atoms with van der Waals surface area (Å²) in [6.07, 6.45) is 0. The van der Waals surface area contributed by atoms with Crippen molar-refractivity contribution in [2.45, 2.75) is 32.6 Å². The Kier molecular flexibility index (Phi) is 7.15. The molecular weight excluding hydrogens is 383 g/mol. The van der Waals surface area contributed by atoms with E-state index in [1.807, 2.05) is 0 Å². The van der Waals surface area contributed by atoms with E-state index in [0.717, 1.165) is 11.1 Å². The quantitative estimate of drug-likeness (QED) is 0.726. The molecule has 152 valence electrons. The molecule has 0 bridgehead atoms. The maximum Gasteiger partial charge on any atom is 0.262 e. The Morgan fingerprint density at radius 1 is 1.14 bits per heavy atom. The van der Waals surface area contributed by atoms with Crippen LogP contribution in [0.15, 0.2) is 41.3 Å². The molecule has 0 aliphatic heterocycles. The van der Waals surface area contributed by atoms with Crippen LogP contribution in [0.5, 0.6) is 5.75 Å². The summed E-state index contributed by atoms with van der Waals surface area (Å²) in [4.78, 5) is 12.4. The van der Waals surface area contributed by atoms with Gasteiger partial charge in [-0.15, -0.1) is 0 Å².